The Hall–Kier alpha value is -0.780. The van der Waals surface area contributed by atoms with Crippen molar-refractivity contribution < 1.29 is 9.15 Å². The summed E-state index contributed by atoms with van der Waals surface area (Å²) < 4.78 is 12.7. The fourth-order valence-electron chi connectivity index (χ4n) is 2.16. The molecule has 0 amide bonds. The number of rotatable bonds is 3. The molecule has 2 N–H and O–H groups in total. The Morgan fingerprint density at radius 3 is 2.47 bits per heavy atom. The van der Waals surface area contributed by atoms with Gasteiger partial charge in [-0.2, -0.15) is 0 Å². The van der Waals surface area contributed by atoms with Gasteiger partial charge in [0.15, 0.2) is 4.67 Å². The molecule has 5 heteroatoms. The minimum absolute atomic E-state index is 0.363. The Kier molecular flexibility index (Phi) is 4.38. The van der Waals surface area contributed by atoms with Gasteiger partial charge in [-0.1, -0.05) is 15.9 Å². The summed E-state index contributed by atoms with van der Waals surface area (Å²) in [6.45, 7) is 4.01. The molecule has 2 rings (SSSR count). The average molecular weight is 389 g/mol. The molecular formula is C14H15Br2NO2. The Balaban J connectivity index is 2.60. The van der Waals surface area contributed by atoms with Gasteiger partial charge in [0, 0.05) is 10.0 Å². The molecule has 0 spiro atoms. The van der Waals surface area contributed by atoms with E-state index in [0.717, 1.165) is 26.9 Å². The third-order valence-corrected chi connectivity index (χ3v) is 4.37. The number of nitrogens with two attached hydrogens (primary N) is 1. The number of furan rings is 1. The molecule has 102 valence electrons. The van der Waals surface area contributed by atoms with Gasteiger partial charge in [0.2, 0.25) is 0 Å². The minimum atomic E-state index is -0.363. The first-order chi connectivity index (χ1) is 8.95. The van der Waals surface area contributed by atoms with Crippen LogP contribution >= 0.6 is 31.9 Å². The van der Waals surface area contributed by atoms with Crippen molar-refractivity contribution in [2.45, 2.75) is 19.9 Å². The molecule has 0 radical (unpaired) electrons. The van der Waals surface area contributed by atoms with Gasteiger partial charge in [-0.05, 0) is 59.1 Å². The number of aryl methyl sites for hydroxylation is 1. The number of halogens is 2. The van der Waals surface area contributed by atoms with Crippen molar-refractivity contribution in [3.8, 4) is 5.75 Å². The summed E-state index contributed by atoms with van der Waals surface area (Å²) in [5, 5.41) is 0. The maximum Gasteiger partial charge on any atom is 0.169 e. The van der Waals surface area contributed by atoms with Gasteiger partial charge in [-0.25, -0.2) is 0 Å². The lowest BCUT2D eigenvalue weighted by Gasteiger charge is -2.19. The van der Waals surface area contributed by atoms with Crippen LogP contribution in [-0.4, -0.2) is 7.11 Å². The van der Waals surface area contributed by atoms with Crippen LogP contribution in [0.2, 0.25) is 0 Å². The molecule has 0 bridgehead atoms. The van der Waals surface area contributed by atoms with Gasteiger partial charge in [-0.3, -0.25) is 0 Å². The van der Waals surface area contributed by atoms with E-state index in [1.54, 1.807) is 7.11 Å². The van der Waals surface area contributed by atoms with Crippen molar-refractivity contribution in [1.82, 2.24) is 0 Å². The van der Waals surface area contributed by atoms with E-state index in [4.69, 9.17) is 14.9 Å². The molecule has 1 atom stereocenters. The Morgan fingerprint density at radius 1 is 1.26 bits per heavy atom. The second-order valence-corrected chi connectivity index (χ2v) is 6.00. The molecule has 0 saturated heterocycles. The lowest BCUT2D eigenvalue weighted by Crippen LogP contribution is -2.15. The highest BCUT2D eigenvalue weighted by molar-refractivity contribution is 9.10. The van der Waals surface area contributed by atoms with Crippen LogP contribution in [0.5, 0.6) is 5.75 Å². The fraction of sp³-hybridized carbons (Fsp3) is 0.286. The number of hydrogen-bond acceptors (Lipinski definition) is 3. The van der Waals surface area contributed by atoms with Crippen molar-refractivity contribution in [2.75, 3.05) is 7.11 Å². The SMILES string of the molecule is COc1c(C)cc(Br)c(C)c1C(N)c1ccc(Br)o1. The molecule has 1 heterocycles. The van der Waals surface area contributed by atoms with E-state index in [0.29, 0.717) is 10.4 Å². The van der Waals surface area contributed by atoms with E-state index in [-0.39, 0.29) is 6.04 Å². The maximum atomic E-state index is 6.33. The van der Waals surface area contributed by atoms with Gasteiger partial charge < -0.3 is 14.9 Å². The van der Waals surface area contributed by atoms with Crippen LogP contribution in [0.15, 0.2) is 31.8 Å². The van der Waals surface area contributed by atoms with Gasteiger partial charge in [0.25, 0.3) is 0 Å². The molecule has 0 fully saturated rings. The molecule has 2 aromatic rings. The zero-order valence-corrected chi connectivity index (χ0v) is 14.1. The van der Waals surface area contributed by atoms with Gasteiger partial charge in [0.1, 0.15) is 11.5 Å². The highest BCUT2D eigenvalue weighted by atomic mass is 79.9. The summed E-state index contributed by atoms with van der Waals surface area (Å²) >= 11 is 6.85. The molecule has 0 aliphatic rings. The third-order valence-electron chi connectivity index (χ3n) is 3.12. The maximum absolute atomic E-state index is 6.33. The number of ether oxygens (including phenoxy) is 1. The number of hydrogen-bond donors (Lipinski definition) is 1. The summed E-state index contributed by atoms with van der Waals surface area (Å²) in [5.74, 6) is 1.51. The molecular weight excluding hydrogens is 374 g/mol. The van der Waals surface area contributed by atoms with Crippen LogP contribution in [0.25, 0.3) is 0 Å². The fourth-order valence-corrected chi connectivity index (χ4v) is 3.03. The standard InChI is InChI=1S/C14H15Br2NO2/c1-7-6-9(15)8(2)12(14(7)18-3)13(17)10-4-5-11(16)19-10/h4-6,13H,17H2,1-3H3. The van der Waals surface area contributed by atoms with E-state index < -0.39 is 0 Å². The van der Waals surface area contributed by atoms with Crippen LogP contribution in [0.4, 0.5) is 0 Å². The summed E-state index contributed by atoms with van der Waals surface area (Å²) in [5.41, 5.74) is 9.37. The van der Waals surface area contributed by atoms with E-state index in [2.05, 4.69) is 31.9 Å². The predicted octanol–water partition coefficient (Wildman–Crippen LogP) is 4.48. The van der Waals surface area contributed by atoms with Crippen molar-refractivity contribution in [1.29, 1.82) is 0 Å². The van der Waals surface area contributed by atoms with Gasteiger partial charge in [0.05, 0.1) is 13.2 Å². The largest absolute Gasteiger partial charge is 0.496 e. The van der Waals surface area contributed by atoms with Crippen LogP contribution in [-0.2, 0) is 0 Å². The summed E-state index contributed by atoms with van der Waals surface area (Å²) in [6.07, 6.45) is 0. The van der Waals surface area contributed by atoms with E-state index in [1.807, 2.05) is 32.0 Å². The second-order valence-electron chi connectivity index (χ2n) is 4.37. The number of methoxy groups -OCH3 is 1. The normalized spacial score (nSPS) is 12.5. The van der Waals surface area contributed by atoms with Crippen molar-refractivity contribution >= 4 is 31.9 Å². The molecule has 3 nitrogen and oxygen atoms in total. The molecule has 1 aromatic carbocycles. The van der Waals surface area contributed by atoms with E-state index in [1.165, 1.54) is 0 Å². The molecule has 0 aliphatic carbocycles. The predicted molar refractivity (Wildman–Crippen MR) is 82.6 cm³/mol. The first-order valence-corrected chi connectivity index (χ1v) is 7.38. The van der Waals surface area contributed by atoms with Crippen molar-refractivity contribution in [2.24, 2.45) is 5.73 Å². The second kappa shape index (κ2) is 5.69. The molecule has 0 saturated carbocycles. The van der Waals surface area contributed by atoms with Crippen LogP contribution in [0.3, 0.4) is 0 Å². The van der Waals surface area contributed by atoms with Crippen LogP contribution in [0.1, 0.15) is 28.5 Å². The lowest BCUT2D eigenvalue weighted by molar-refractivity contribution is 0.398. The first kappa shape index (κ1) is 14.6. The zero-order valence-electron chi connectivity index (χ0n) is 11.0. The lowest BCUT2D eigenvalue weighted by atomic mass is 9.96. The Bertz CT molecular complexity index is 608. The average Bonchev–Trinajstić information content (AvgIpc) is 2.79. The van der Waals surface area contributed by atoms with Crippen molar-refractivity contribution in [3.63, 3.8) is 0 Å². The summed E-state index contributed by atoms with van der Waals surface area (Å²) in [6, 6.07) is 5.37. The smallest absolute Gasteiger partial charge is 0.169 e. The quantitative estimate of drug-likeness (QED) is 0.843. The van der Waals surface area contributed by atoms with Crippen LogP contribution in [0, 0.1) is 13.8 Å². The summed E-state index contributed by atoms with van der Waals surface area (Å²) in [4.78, 5) is 0. The van der Waals surface area contributed by atoms with Gasteiger partial charge in [-0.15, -0.1) is 0 Å². The highest BCUT2D eigenvalue weighted by Crippen LogP contribution is 2.38. The minimum Gasteiger partial charge on any atom is -0.496 e. The third kappa shape index (κ3) is 2.73. The Labute approximate surface area is 129 Å². The van der Waals surface area contributed by atoms with Gasteiger partial charge >= 0.3 is 0 Å². The Morgan fingerprint density at radius 2 is 1.95 bits per heavy atom. The topological polar surface area (TPSA) is 48.4 Å². The highest BCUT2D eigenvalue weighted by Gasteiger charge is 2.22. The van der Waals surface area contributed by atoms with E-state index >= 15 is 0 Å². The molecule has 1 aromatic heterocycles. The summed E-state index contributed by atoms with van der Waals surface area (Å²) in [7, 11) is 1.66. The number of benzene rings is 1. The first-order valence-electron chi connectivity index (χ1n) is 5.80. The van der Waals surface area contributed by atoms with Crippen molar-refractivity contribution in [3.05, 3.63) is 49.8 Å². The van der Waals surface area contributed by atoms with E-state index in [9.17, 15) is 0 Å². The molecule has 1 unspecified atom stereocenters. The molecule has 19 heavy (non-hydrogen) atoms. The molecule has 0 aliphatic heterocycles. The van der Waals surface area contributed by atoms with Crippen LogP contribution < -0.4 is 10.5 Å². The zero-order chi connectivity index (χ0) is 14.2. The monoisotopic (exact) mass is 387 g/mol.